The van der Waals surface area contributed by atoms with Crippen molar-refractivity contribution in [2.45, 2.75) is 33.6 Å². The first-order valence-corrected chi connectivity index (χ1v) is 6.73. The van der Waals surface area contributed by atoms with Crippen LogP contribution in [0.25, 0.3) is 11.5 Å². The van der Waals surface area contributed by atoms with Crippen LogP contribution in [0.5, 0.6) is 0 Å². The fourth-order valence-electron chi connectivity index (χ4n) is 2.11. The minimum Gasteiger partial charge on any atom is -0.463 e. The number of hydrogen-bond acceptors (Lipinski definition) is 4. The zero-order valence-electron chi connectivity index (χ0n) is 12.3. The molecular formula is C16H19NO3. The number of carbonyl (C=O) groups excluding carboxylic acids is 1. The van der Waals surface area contributed by atoms with Crippen molar-refractivity contribution < 1.29 is 13.9 Å². The van der Waals surface area contributed by atoms with Crippen molar-refractivity contribution in [2.75, 3.05) is 7.11 Å². The SMILES string of the molecule is CCCc1nc(-c2cccc(C)c2C)oc1C(=O)OC. The summed E-state index contributed by atoms with van der Waals surface area (Å²) in [4.78, 5) is 16.2. The van der Waals surface area contributed by atoms with E-state index in [-0.39, 0.29) is 5.76 Å². The van der Waals surface area contributed by atoms with Gasteiger partial charge in [0.15, 0.2) is 0 Å². The van der Waals surface area contributed by atoms with Crippen molar-refractivity contribution in [3.05, 3.63) is 40.8 Å². The Morgan fingerprint density at radius 2 is 2.10 bits per heavy atom. The lowest BCUT2D eigenvalue weighted by atomic mass is 10.0. The number of methoxy groups -OCH3 is 1. The van der Waals surface area contributed by atoms with Gasteiger partial charge in [-0.05, 0) is 37.5 Å². The molecule has 1 aromatic heterocycles. The summed E-state index contributed by atoms with van der Waals surface area (Å²) in [5.74, 6) is 0.220. The highest BCUT2D eigenvalue weighted by molar-refractivity contribution is 5.88. The fourth-order valence-corrected chi connectivity index (χ4v) is 2.11. The zero-order chi connectivity index (χ0) is 14.7. The fraction of sp³-hybridized carbons (Fsp3) is 0.375. The Labute approximate surface area is 118 Å². The number of aryl methyl sites for hydroxylation is 2. The third kappa shape index (κ3) is 2.59. The van der Waals surface area contributed by atoms with E-state index in [2.05, 4.69) is 4.98 Å². The average Bonchev–Trinajstić information content (AvgIpc) is 2.85. The molecule has 0 bridgehead atoms. The topological polar surface area (TPSA) is 52.3 Å². The van der Waals surface area contributed by atoms with E-state index in [1.807, 2.05) is 39.0 Å². The van der Waals surface area contributed by atoms with Gasteiger partial charge in [-0.3, -0.25) is 0 Å². The summed E-state index contributed by atoms with van der Waals surface area (Å²) in [7, 11) is 1.35. The van der Waals surface area contributed by atoms with Crippen LogP contribution < -0.4 is 0 Å². The molecule has 0 unspecified atom stereocenters. The highest BCUT2D eigenvalue weighted by atomic mass is 16.5. The first-order chi connectivity index (χ1) is 9.58. The van der Waals surface area contributed by atoms with Gasteiger partial charge in [-0.1, -0.05) is 25.5 Å². The largest absolute Gasteiger partial charge is 0.463 e. The van der Waals surface area contributed by atoms with Crippen LogP contribution in [-0.2, 0) is 11.2 Å². The maximum atomic E-state index is 11.7. The van der Waals surface area contributed by atoms with Crippen LogP contribution in [0.3, 0.4) is 0 Å². The number of oxazole rings is 1. The second-order valence-corrected chi connectivity index (χ2v) is 4.78. The Bertz CT molecular complexity index is 629. The summed E-state index contributed by atoms with van der Waals surface area (Å²) >= 11 is 0. The lowest BCUT2D eigenvalue weighted by molar-refractivity contribution is 0.0564. The Kier molecular flexibility index (Phi) is 4.23. The Morgan fingerprint density at radius 1 is 1.35 bits per heavy atom. The van der Waals surface area contributed by atoms with Crippen LogP contribution in [0, 0.1) is 13.8 Å². The third-order valence-corrected chi connectivity index (χ3v) is 3.39. The second kappa shape index (κ2) is 5.90. The monoisotopic (exact) mass is 273 g/mol. The summed E-state index contributed by atoms with van der Waals surface area (Å²) in [5.41, 5.74) is 3.85. The number of carbonyl (C=O) groups is 1. The van der Waals surface area contributed by atoms with Crippen LogP contribution in [-0.4, -0.2) is 18.1 Å². The minimum absolute atomic E-state index is 0.213. The molecule has 0 aliphatic heterocycles. The second-order valence-electron chi connectivity index (χ2n) is 4.78. The molecule has 0 atom stereocenters. The first kappa shape index (κ1) is 14.3. The molecular weight excluding hydrogens is 254 g/mol. The van der Waals surface area contributed by atoms with Gasteiger partial charge in [-0.2, -0.15) is 0 Å². The van der Waals surface area contributed by atoms with Crippen molar-refractivity contribution in [3.63, 3.8) is 0 Å². The maximum absolute atomic E-state index is 11.7. The molecule has 0 fully saturated rings. The summed E-state index contributed by atoms with van der Waals surface area (Å²) in [6.07, 6.45) is 1.58. The normalized spacial score (nSPS) is 10.6. The molecule has 4 heteroatoms. The molecule has 4 nitrogen and oxygen atoms in total. The van der Waals surface area contributed by atoms with Crippen LogP contribution in [0.2, 0.25) is 0 Å². The molecule has 1 aromatic carbocycles. The Hall–Kier alpha value is -2.10. The highest BCUT2D eigenvalue weighted by Gasteiger charge is 2.21. The van der Waals surface area contributed by atoms with Gasteiger partial charge in [0, 0.05) is 5.56 Å². The van der Waals surface area contributed by atoms with Gasteiger partial charge in [0.25, 0.3) is 0 Å². The number of ether oxygens (including phenoxy) is 1. The summed E-state index contributed by atoms with van der Waals surface area (Å²) < 4.78 is 10.4. The molecule has 0 aliphatic carbocycles. The summed E-state index contributed by atoms with van der Waals surface area (Å²) in [6, 6.07) is 5.94. The van der Waals surface area contributed by atoms with E-state index in [0.717, 1.165) is 23.1 Å². The van der Waals surface area contributed by atoms with E-state index >= 15 is 0 Å². The van der Waals surface area contributed by atoms with Crippen LogP contribution in [0.1, 0.15) is 40.7 Å². The number of aromatic nitrogens is 1. The number of hydrogen-bond donors (Lipinski definition) is 0. The Morgan fingerprint density at radius 3 is 2.75 bits per heavy atom. The molecule has 0 spiro atoms. The van der Waals surface area contributed by atoms with Crippen molar-refractivity contribution in [1.29, 1.82) is 0 Å². The van der Waals surface area contributed by atoms with Gasteiger partial charge in [0.05, 0.1) is 12.8 Å². The molecule has 0 N–H and O–H groups in total. The molecule has 106 valence electrons. The van der Waals surface area contributed by atoms with E-state index in [9.17, 15) is 4.79 Å². The van der Waals surface area contributed by atoms with Gasteiger partial charge in [-0.25, -0.2) is 9.78 Å². The van der Waals surface area contributed by atoms with Gasteiger partial charge in [0.2, 0.25) is 11.7 Å². The van der Waals surface area contributed by atoms with Crippen LogP contribution >= 0.6 is 0 Å². The van der Waals surface area contributed by atoms with Gasteiger partial charge >= 0.3 is 5.97 Å². The van der Waals surface area contributed by atoms with E-state index < -0.39 is 5.97 Å². The van der Waals surface area contributed by atoms with E-state index in [1.54, 1.807) is 0 Å². The van der Waals surface area contributed by atoms with Crippen LogP contribution in [0.15, 0.2) is 22.6 Å². The smallest absolute Gasteiger partial charge is 0.376 e. The first-order valence-electron chi connectivity index (χ1n) is 6.73. The molecule has 1 heterocycles. The molecule has 0 saturated carbocycles. The van der Waals surface area contributed by atoms with Crippen molar-refractivity contribution in [1.82, 2.24) is 4.98 Å². The number of benzene rings is 1. The van der Waals surface area contributed by atoms with Gasteiger partial charge in [0.1, 0.15) is 0 Å². The number of esters is 1. The standard InChI is InChI=1S/C16H19NO3/c1-5-7-13-14(16(18)19-4)20-15(17-13)12-9-6-8-10(2)11(12)3/h6,8-9H,5,7H2,1-4H3. The van der Waals surface area contributed by atoms with Gasteiger partial charge < -0.3 is 9.15 Å². The molecule has 0 aliphatic rings. The minimum atomic E-state index is -0.475. The highest BCUT2D eigenvalue weighted by Crippen LogP contribution is 2.27. The zero-order valence-corrected chi connectivity index (χ0v) is 12.3. The lowest BCUT2D eigenvalue weighted by Gasteiger charge is -2.04. The van der Waals surface area contributed by atoms with Crippen LogP contribution in [0.4, 0.5) is 0 Å². The van der Waals surface area contributed by atoms with E-state index in [0.29, 0.717) is 18.0 Å². The molecule has 0 saturated heterocycles. The number of nitrogens with zero attached hydrogens (tertiary/aromatic N) is 1. The van der Waals surface area contributed by atoms with E-state index in [4.69, 9.17) is 9.15 Å². The molecule has 0 amide bonds. The molecule has 20 heavy (non-hydrogen) atoms. The molecule has 2 aromatic rings. The number of rotatable bonds is 4. The summed E-state index contributed by atoms with van der Waals surface area (Å²) in [5, 5.41) is 0. The van der Waals surface area contributed by atoms with E-state index in [1.165, 1.54) is 7.11 Å². The molecule has 0 radical (unpaired) electrons. The average molecular weight is 273 g/mol. The predicted molar refractivity (Wildman–Crippen MR) is 76.7 cm³/mol. The third-order valence-electron chi connectivity index (χ3n) is 3.39. The van der Waals surface area contributed by atoms with Gasteiger partial charge in [-0.15, -0.1) is 0 Å². The lowest BCUT2D eigenvalue weighted by Crippen LogP contribution is -2.03. The predicted octanol–water partition coefficient (Wildman–Crippen LogP) is 3.70. The molecule has 2 rings (SSSR count). The quantitative estimate of drug-likeness (QED) is 0.797. The summed E-state index contributed by atoms with van der Waals surface area (Å²) in [6.45, 7) is 6.09. The van der Waals surface area contributed by atoms with Crippen molar-refractivity contribution in [3.8, 4) is 11.5 Å². The van der Waals surface area contributed by atoms with Crippen molar-refractivity contribution in [2.24, 2.45) is 0 Å². The Balaban J connectivity index is 2.52. The maximum Gasteiger partial charge on any atom is 0.376 e. The van der Waals surface area contributed by atoms with Crippen molar-refractivity contribution >= 4 is 5.97 Å².